The number of nitrogens with zero attached hydrogens (tertiary/aromatic N) is 3. The summed E-state index contributed by atoms with van der Waals surface area (Å²) in [4.78, 5) is 46.3. The molecule has 14 nitrogen and oxygen atoms in total. The highest BCUT2D eigenvalue weighted by Crippen LogP contribution is 2.62. The Morgan fingerprint density at radius 2 is 1.75 bits per heavy atom. The molecule has 1 saturated carbocycles. The van der Waals surface area contributed by atoms with Crippen LogP contribution in [0.4, 0.5) is 10.5 Å². The van der Waals surface area contributed by atoms with Crippen LogP contribution in [0.15, 0.2) is 114 Å². The SMILES string of the molecule is C=CCOC12Oc3ccc(OC(=O)NCC)cc3C3C(CCCCO)C(CCCCO)C=C(C(=NOCc4ccc([N+](=O)[O-])cc4)CC1N(C)C(=O)c1ccc4ccccc4c1)C32. The summed E-state index contributed by atoms with van der Waals surface area (Å²) in [5.74, 6) is -1.84. The first kappa shape index (κ1) is 44.9. The van der Waals surface area contributed by atoms with Crippen molar-refractivity contribution < 1.29 is 43.8 Å². The number of nitro groups is 1. The number of benzene rings is 4. The fourth-order valence-corrected chi connectivity index (χ4v) is 9.64. The average molecular weight is 861 g/mol. The van der Waals surface area contributed by atoms with Gasteiger partial charge in [0, 0.05) is 62.4 Å². The molecule has 63 heavy (non-hydrogen) atoms. The second kappa shape index (κ2) is 20.4. The molecule has 2 amide bonds. The first-order valence-corrected chi connectivity index (χ1v) is 21.8. The molecule has 1 heterocycles. The van der Waals surface area contributed by atoms with Gasteiger partial charge < -0.3 is 39.5 Å². The van der Waals surface area contributed by atoms with Gasteiger partial charge in [0.1, 0.15) is 24.1 Å². The van der Waals surface area contributed by atoms with Crippen LogP contribution in [0, 0.1) is 27.9 Å². The summed E-state index contributed by atoms with van der Waals surface area (Å²) >= 11 is 0. The molecule has 0 radical (unpaired) electrons. The summed E-state index contributed by atoms with van der Waals surface area (Å²) in [5.41, 5.74) is 3.37. The zero-order chi connectivity index (χ0) is 44.5. The Morgan fingerprint density at radius 3 is 2.46 bits per heavy atom. The van der Waals surface area contributed by atoms with Crippen LogP contribution >= 0.6 is 0 Å². The highest BCUT2D eigenvalue weighted by molar-refractivity contribution is 6.04. The number of nitrogens with one attached hydrogen (secondary N) is 1. The van der Waals surface area contributed by atoms with Gasteiger partial charge in [0.25, 0.3) is 11.6 Å². The molecule has 2 aliphatic carbocycles. The van der Waals surface area contributed by atoms with E-state index in [4.69, 9.17) is 24.2 Å². The van der Waals surface area contributed by atoms with E-state index in [9.17, 15) is 29.9 Å². The van der Waals surface area contributed by atoms with Crippen LogP contribution in [0.2, 0.25) is 0 Å². The molecular weight excluding hydrogens is 805 g/mol. The monoisotopic (exact) mass is 860 g/mol. The summed E-state index contributed by atoms with van der Waals surface area (Å²) in [7, 11) is 1.75. The number of likely N-dealkylation sites (N-methyl/N-ethyl adjacent to an activating group) is 1. The maximum Gasteiger partial charge on any atom is 0.412 e. The van der Waals surface area contributed by atoms with Gasteiger partial charge in [-0.15, -0.1) is 6.58 Å². The molecule has 0 saturated heterocycles. The van der Waals surface area contributed by atoms with Gasteiger partial charge in [-0.2, -0.15) is 0 Å². The number of non-ortho nitro benzene ring substituents is 1. The van der Waals surface area contributed by atoms with E-state index in [1.54, 1.807) is 42.3 Å². The second-order valence-electron chi connectivity index (χ2n) is 16.4. The van der Waals surface area contributed by atoms with Gasteiger partial charge in [0.2, 0.25) is 5.79 Å². The van der Waals surface area contributed by atoms with Crippen LogP contribution in [-0.2, 0) is 16.2 Å². The van der Waals surface area contributed by atoms with Crippen LogP contribution in [0.25, 0.3) is 10.8 Å². The first-order chi connectivity index (χ1) is 30.6. The highest BCUT2D eigenvalue weighted by atomic mass is 16.7. The summed E-state index contributed by atoms with van der Waals surface area (Å²) in [6.45, 7) is 6.42. The lowest BCUT2D eigenvalue weighted by Gasteiger charge is -2.59. The van der Waals surface area contributed by atoms with E-state index in [-0.39, 0.29) is 62.2 Å². The van der Waals surface area contributed by atoms with Crippen molar-refractivity contribution in [3.05, 3.63) is 136 Å². The fourth-order valence-electron chi connectivity index (χ4n) is 9.64. The minimum Gasteiger partial charge on any atom is -0.459 e. The van der Waals surface area contributed by atoms with Crippen LogP contribution in [0.1, 0.15) is 79.3 Å². The maximum absolute atomic E-state index is 14.9. The Labute approximate surface area is 367 Å². The Bertz CT molecular complexity index is 2350. The lowest BCUT2D eigenvalue weighted by molar-refractivity contribution is -0.384. The number of ether oxygens (including phenoxy) is 3. The number of amides is 2. The molecule has 14 heteroatoms. The smallest absolute Gasteiger partial charge is 0.412 e. The number of aliphatic hydroxyl groups is 2. The Hall–Kier alpha value is -6.09. The number of oxime groups is 1. The number of allylic oxidation sites excluding steroid dienone is 1. The van der Waals surface area contributed by atoms with Crippen LogP contribution in [0.3, 0.4) is 0 Å². The standard InChI is InChI=1S/C49H56N4O10/c1-4-26-60-49-44(52(3)47(56)36-19-18-33-12-6-7-13-34(33)27-36)30-42(51-61-31-32-16-20-37(21-17-32)53(58)59)40-28-35(14-8-10-24-54)39(15-9-11-25-55)45(46(40)49)41-29-38(22-23-43(41)63-49)62-48(57)50-5-2/h4,6-7,12-13,16-23,27-29,35,39,44-46,54-55H,1,5,8-11,14-15,24-26,30-31H2,2-3H3,(H,50,57). The minimum atomic E-state index is -1.48. The van der Waals surface area contributed by atoms with Gasteiger partial charge in [-0.05, 0) is 109 Å². The van der Waals surface area contributed by atoms with Crippen LogP contribution in [0.5, 0.6) is 11.5 Å². The zero-order valence-electron chi connectivity index (χ0n) is 35.8. The van der Waals surface area contributed by atoms with Crippen molar-refractivity contribution in [2.24, 2.45) is 22.9 Å². The predicted octanol–water partition coefficient (Wildman–Crippen LogP) is 8.46. The molecule has 332 valence electrons. The van der Waals surface area contributed by atoms with E-state index in [1.165, 1.54) is 12.1 Å². The Kier molecular flexibility index (Phi) is 14.6. The number of carbonyl (C=O) groups excluding carboxylic acids is 2. The van der Waals surface area contributed by atoms with E-state index in [0.29, 0.717) is 47.7 Å². The second-order valence-corrected chi connectivity index (χ2v) is 16.4. The molecule has 1 fully saturated rings. The maximum atomic E-state index is 14.9. The number of aliphatic hydroxyl groups excluding tert-OH is 2. The third-order valence-corrected chi connectivity index (χ3v) is 12.5. The van der Waals surface area contributed by atoms with E-state index < -0.39 is 28.8 Å². The number of carbonyl (C=O) groups is 2. The van der Waals surface area contributed by atoms with Crippen molar-refractivity contribution in [3.63, 3.8) is 0 Å². The molecule has 0 spiro atoms. The molecule has 3 aliphatic rings. The molecule has 3 N–H and O–H groups in total. The molecular formula is C49H56N4O10. The van der Waals surface area contributed by atoms with E-state index >= 15 is 0 Å². The van der Waals surface area contributed by atoms with Crippen molar-refractivity contribution in [2.45, 2.75) is 76.2 Å². The molecule has 6 atom stereocenters. The van der Waals surface area contributed by atoms with Gasteiger partial charge in [-0.3, -0.25) is 14.9 Å². The van der Waals surface area contributed by atoms with E-state index in [0.717, 1.165) is 47.6 Å². The van der Waals surface area contributed by atoms with Crippen LogP contribution in [-0.4, -0.2) is 83.0 Å². The van der Waals surface area contributed by atoms with E-state index in [1.807, 2.05) is 55.5 Å². The predicted molar refractivity (Wildman–Crippen MR) is 239 cm³/mol. The number of rotatable bonds is 19. The molecule has 7 rings (SSSR count). The molecule has 4 aromatic rings. The summed E-state index contributed by atoms with van der Waals surface area (Å²) < 4.78 is 20.0. The van der Waals surface area contributed by atoms with Crippen molar-refractivity contribution in [1.29, 1.82) is 0 Å². The van der Waals surface area contributed by atoms with Gasteiger partial charge in [-0.25, -0.2) is 4.79 Å². The number of nitro benzene ring substituents is 1. The summed E-state index contributed by atoms with van der Waals surface area (Å²) in [5, 5.41) is 40.6. The quantitative estimate of drug-likeness (QED) is 0.0358. The van der Waals surface area contributed by atoms with Crippen molar-refractivity contribution in [1.82, 2.24) is 10.2 Å². The largest absolute Gasteiger partial charge is 0.459 e. The van der Waals surface area contributed by atoms with Gasteiger partial charge in [0.15, 0.2) is 0 Å². The number of hydrogen-bond acceptors (Lipinski definition) is 11. The molecule has 4 aromatic carbocycles. The highest BCUT2D eigenvalue weighted by Gasteiger charge is 2.65. The summed E-state index contributed by atoms with van der Waals surface area (Å²) in [6, 6.07) is 24.2. The molecule has 0 bridgehead atoms. The third kappa shape index (κ3) is 9.63. The lowest BCUT2D eigenvalue weighted by Crippen LogP contribution is -2.69. The third-order valence-electron chi connectivity index (χ3n) is 12.5. The van der Waals surface area contributed by atoms with Crippen LogP contribution < -0.4 is 14.8 Å². The van der Waals surface area contributed by atoms with Gasteiger partial charge in [-0.1, -0.05) is 60.5 Å². The average Bonchev–Trinajstić information content (AvgIpc) is 3.29. The Balaban J connectivity index is 1.41. The van der Waals surface area contributed by atoms with Crippen molar-refractivity contribution in [3.8, 4) is 11.5 Å². The fraction of sp³-hybridized carbons (Fsp3) is 0.408. The topological polar surface area (TPSA) is 182 Å². The first-order valence-electron chi connectivity index (χ1n) is 21.8. The number of fused-ring (bicyclic) bond motifs is 3. The van der Waals surface area contributed by atoms with Gasteiger partial charge >= 0.3 is 6.09 Å². The summed E-state index contributed by atoms with van der Waals surface area (Å²) in [6.07, 6.45) is 7.69. The van der Waals surface area contributed by atoms with E-state index in [2.05, 4.69) is 18.0 Å². The normalized spacial score (nSPS) is 22.8. The van der Waals surface area contributed by atoms with Crippen molar-refractivity contribution >= 4 is 34.2 Å². The minimum absolute atomic E-state index is 0.0177. The number of unbranched alkanes of at least 4 members (excludes halogenated alkanes) is 2. The van der Waals surface area contributed by atoms with Gasteiger partial charge in [0.05, 0.1) is 23.2 Å². The molecule has 1 aliphatic heterocycles. The zero-order valence-corrected chi connectivity index (χ0v) is 35.8. The van der Waals surface area contributed by atoms with Crippen molar-refractivity contribution in [2.75, 3.05) is 33.4 Å². The molecule has 0 aromatic heterocycles. The number of hydrogen-bond donors (Lipinski definition) is 3. The molecule has 6 unspecified atom stereocenters. The lowest BCUT2D eigenvalue weighted by atomic mass is 9.55. The Morgan fingerprint density at radius 1 is 1.00 bits per heavy atom.